The fourth-order valence-electron chi connectivity index (χ4n) is 3.00. The van der Waals surface area contributed by atoms with E-state index in [0.29, 0.717) is 11.4 Å². The number of nitrogens with one attached hydrogen (secondary N) is 1. The number of halogens is 3. The summed E-state index contributed by atoms with van der Waals surface area (Å²) in [6.45, 7) is 1.77. The van der Waals surface area contributed by atoms with Crippen LogP contribution in [0.5, 0.6) is 0 Å². The minimum atomic E-state index is -4.38. The third-order valence-electron chi connectivity index (χ3n) is 4.16. The second-order valence-electron chi connectivity index (χ2n) is 5.43. The van der Waals surface area contributed by atoms with Gasteiger partial charge < -0.3 is 10.2 Å². The van der Waals surface area contributed by atoms with Crippen LogP contribution in [0.25, 0.3) is 0 Å². The lowest BCUT2D eigenvalue weighted by Crippen LogP contribution is -2.60. The number of para-hydroxylation sites is 2. The molecular weight excluding hydrogens is 289 g/mol. The largest absolute Gasteiger partial charge is 0.430 e. The normalized spacial score (nSPS) is 20.6. The summed E-state index contributed by atoms with van der Waals surface area (Å²) in [7, 11) is 0. The van der Waals surface area contributed by atoms with Crippen LogP contribution in [0.1, 0.15) is 18.9 Å². The average molecular weight is 306 g/mol. The summed E-state index contributed by atoms with van der Waals surface area (Å²) in [5.74, 6) is 0. The Morgan fingerprint density at radius 2 is 1.64 bits per heavy atom. The van der Waals surface area contributed by atoms with Gasteiger partial charge in [-0.1, -0.05) is 49.4 Å². The minimum Gasteiger partial charge on any atom is -0.354 e. The van der Waals surface area contributed by atoms with Crippen LogP contribution in [-0.4, -0.2) is 11.8 Å². The molecule has 1 atom stereocenters. The zero-order valence-corrected chi connectivity index (χ0v) is 12.2. The number of hydrogen-bond acceptors (Lipinski definition) is 2. The molecule has 0 saturated heterocycles. The summed E-state index contributed by atoms with van der Waals surface area (Å²) >= 11 is 0. The van der Waals surface area contributed by atoms with Crippen LogP contribution in [0.15, 0.2) is 54.6 Å². The van der Waals surface area contributed by atoms with Gasteiger partial charge >= 0.3 is 6.18 Å². The van der Waals surface area contributed by atoms with E-state index in [-0.39, 0.29) is 13.0 Å². The van der Waals surface area contributed by atoms with Gasteiger partial charge in [-0.2, -0.15) is 13.2 Å². The third kappa shape index (κ3) is 2.21. The van der Waals surface area contributed by atoms with Gasteiger partial charge in [0.05, 0.1) is 11.4 Å². The summed E-state index contributed by atoms with van der Waals surface area (Å²) in [4.78, 5) is 1.43. The molecule has 3 rings (SSSR count). The van der Waals surface area contributed by atoms with Gasteiger partial charge in [0.1, 0.15) is 0 Å². The maximum Gasteiger partial charge on any atom is 0.430 e. The molecule has 0 bridgehead atoms. The van der Waals surface area contributed by atoms with Crippen molar-refractivity contribution in [3.63, 3.8) is 0 Å². The zero-order chi connectivity index (χ0) is 15.8. The zero-order valence-electron chi connectivity index (χ0n) is 12.2. The fourth-order valence-corrected chi connectivity index (χ4v) is 3.00. The number of alkyl halides is 3. The van der Waals surface area contributed by atoms with Crippen LogP contribution in [0.2, 0.25) is 0 Å². The number of fused-ring (bicyclic) bond motifs is 1. The first-order valence-corrected chi connectivity index (χ1v) is 7.23. The molecule has 0 saturated carbocycles. The lowest BCUT2D eigenvalue weighted by molar-refractivity contribution is -0.178. The van der Waals surface area contributed by atoms with Crippen molar-refractivity contribution in [1.29, 1.82) is 0 Å². The van der Waals surface area contributed by atoms with Gasteiger partial charge in [-0.15, -0.1) is 0 Å². The highest BCUT2D eigenvalue weighted by molar-refractivity contribution is 5.78. The first-order chi connectivity index (χ1) is 10.5. The molecule has 5 heteroatoms. The van der Waals surface area contributed by atoms with E-state index in [1.807, 2.05) is 30.3 Å². The Kier molecular flexibility index (Phi) is 3.51. The van der Waals surface area contributed by atoms with E-state index in [2.05, 4.69) is 5.32 Å². The Balaban J connectivity index is 2.07. The van der Waals surface area contributed by atoms with E-state index in [0.717, 1.165) is 5.56 Å². The average Bonchev–Trinajstić information content (AvgIpc) is 2.83. The Hall–Kier alpha value is -2.17. The van der Waals surface area contributed by atoms with Crippen molar-refractivity contribution >= 4 is 11.4 Å². The van der Waals surface area contributed by atoms with Crippen LogP contribution in [0.3, 0.4) is 0 Å². The first kappa shape index (κ1) is 14.8. The van der Waals surface area contributed by atoms with Crippen molar-refractivity contribution < 1.29 is 13.2 Å². The van der Waals surface area contributed by atoms with Gasteiger partial charge in [-0.3, -0.25) is 0 Å². The van der Waals surface area contributed by atoms with E-state index in [9.17, 15) is 13.2 Å². The third-order valence-corrected chi connectivity index (χ3v) is 4.16. The van der Waals surface area contributed by atoms with Crippen LogP contribution in [0.4, 0.5) is 24.5 Å². The summed E-state index contributed by atoms with van der Waals surface area (Å²) < 4.78 is 41.5. The molecule has 0 spiro atoms. The molecule has 2 nitrogen and oxygen atoms in total. The van der Waals surface area contributed by atoms with E-state index in [1.165, 1.54) is 4.90 Å². The molecule has 0 radical (unpaired) electrons. The van der Waals surface area contributed by atoms with Crippen LogP contribution in [0, 0.1) is 0 Å². The lowest BCUT2D eigenvalue weighted by Gasteiger charge is -2.40. The Morgan fingerprint density at radius 3 is 2.27 bits per heavy atom. The Labute approximate surface area is 127 Å². The molecule has 0 fully saturated rings. The number of nitrogens with zero attached hydrogens (tertiary/aromatic N) is 1. The monoisotopic (exact) mass is 306 g/mol. The molecule has 1 aliphatic rings. The summed E-state index contributed by atoms with van der Waals surface area (Å²) in [6, 6.07) is 16.2. The SMILES string of the molecule is CCC1(C(F)(F)F)Nc2ccccc2N1Cc1ccccc1. The molecule has 0 aliphatic carbocycles. The smallest absolute Gasteiger partial charge is 0.354 e. The van der Waals surface area contributed by atoms with Crippen molar-refractivity contribution in [1.82, 2.24) is 0 Å². The number of hydrogen-bond donors (Lipinski definition) is 1. The quantitative estimate of drug-likeness (QED) is 0.877. The van der Waals surface area contributed by atoms with Gasteiger partial charge in [0.25, 0.3) is 0 Å². The lowest BCUT2D eigenvalue weighted by atomic mass is 10.0. The molecule has 1 N–H and O–H groups in total. The second kappa shape index (κ2) is 5.23. The molecule has 1 unspecified atom stereocenters. The maximum absolute atomic E-state index is 13.8. The topological polar surface area (TPSA) is 15.3 Å². The number of anilines is 2. The van der Waals surface area contributed by atoms with Crippen molar-refractivity contribution in [2.75, 3.05) is 10.2 Å². The van der Waals surface area contributed by atoms with E-state index in [4.69, 9.17) is 0 Å². The molecule has 116 valence electrons. The predicted octanol–water partition coefficient (Wildman–Crippen LogP) is 4.79. The fraction of sp³-hybridized carbons (Fsp3) is 0.294. The van der Waals surface area contributed by atoms with Gasteiger partial charge in [-0.05, 0) is 24.1 Å². The highest BCUT2D eigenvalue weighted by atomic mass is 19.4. The first-order valence-electron chi connectivity index (χ1n) is 7.23. The molecule has 2 aromatic carbocycles. The van der Waals surface area contributed by atoms with E-state index < -0.39 is 11.8 Å². The van der Waals surface area contributed by atoms with E-state index in [1.54, 1.807) is 31.2 Å². The summed E-state index contributed by atoms with van der Waals surface area (Å²) in [5, 5.41) is 2.71. The summed E-state index contributed by atoms with van der Waals surface area (Å²) in [6.07, 6.45) is -4.45. The van der Waals surface area contributed by atoms with Crippen LogP contribution in [-0.2, 0) is 6.54 Å². The maximum atomic E-state index is 13.8. The van der Waals surface area contributed by atoms with Crippen LogP contribution < -0.4 is 10.2 Å². The Morgan fingerprint density at radius 1 is 1.00 bits per heavy atom. The van der Waals surface area contributed by atoms with Crippen molar-refractivity contribution in [3.8, 4) is 0 Å². The highest BCUT2D eigenvalue weighted by Crippen LogP contribution is 2.49. The molecule has 1 aliphatic heterocycles. The van der Waals surface area contributed by atoms with Gasteiger partial charge in [0.15, 0.2) is 0 Å². The van der Waals surface area contributed by atoms with Gasteiger partial charge in [0, 0.05) is 6.54 Å². The molecule has 0 amide bonds. The van der Waals surface area contributed by atoms with Crippen molar-refractivity contribution in [2.24, 2.45) is 0 Å². The highest BCUT2D eigenvalue weighted by Gasteiger charge is 2.61. The predicted molar refractivity (Wildman–Crippen MR) is 81.8 cm³/mol. The summed E-state index contributed by atoms with van der Waals surface area (Å²) in [5.41, 5.74) is -0.0989. The molecule has 0 aromatic heterocycles. The molecule has 22 heavy (non-hydrogen) atoms. The Bertz CT molecular complexity index is 654. The van der Waals surface area contributed by atoms with Gasteiger partial charge in [0.2, 0.25) is 5.66 Å². The molecule has 1 heterocycles. The van der Waals surface area contributed by atoms with E-state index >= 15 is 0 Å². The minimum absolute atomic E-state index is 0.0714. The van der Waals surface area contributed by atoms with Crippen LogP contribution >= 0.6 is 0 Å². The van der Waals surface area contributed by atoms with Crippen molar-refractivity contribution in [2.45, 2.75) is 31.7 Å². The number of benzene rings is 2. The van der Waals surface area contributed by atoms with Crippen molar-refractivity contribution in [3.05, 3.63) is 60.2 Å². The molecular formula is C17H17F3N2. The van der Waals surface area contributed by atoms with Gasteiger partial charge in [-0.25, -0.2) is 0 Å². The molecule has 2 aromatic rings. The standard InChI is InChI=1S/C17H17F3N2/c1-2-16(17(18,19)20)21-14-10-6-7-11-15(14)22(16)12-13-8-4-3-5-9-13/h3-11,21H,2,12H2,1H3. The second-order valence-corrected chi connectivity index (χ2v) is 5.43. The number of rotatable bonds is 3.